The van der Waals surface area contributed by atoms with Crippen molar-refractivity contribution in [2.45, 2.75) is 65.1 Å². The summed E-state index contributed by atoms with van der Waals surface area (Å²) in [5, 5.41) is 11.1. The standard InChI is InChI=1S/C18H33N5O/c1-5-6-13-24-16-14-15(18(16,2)3)22-17(19-4)20-9-7-11-23-12-8-10-21-23/h8,10,12,15-16H,5-7,9,11,13-14H2,1-4H3,(H2,19,20,22). The molecule has 1 aliphatic rings. The molecular weight excluding hydrogens is 302 g/mol. The minimum atomic E-state index is 0.139. The van der Waals surface area contributed by atoms with Gasteiger partial charge in [0.1, 0.15) is 0 Å². The number of nitrogens with zero attached hydrogens (tertiary/aromatic N) is 3. The Bertz CT molecular complexity index is 498. The van der Waals surface area contributed by atoms with Crippen LogP contribution >= 0.6 is 0 Å². The molecule has 6 heteroatoms. The van der Waals surface area contributed by atoms with Gasteiger partial charge in [-0.3, -0.25) is 9.67 Å². The van der Waals surface area contributed by atoms with E-state index in [1.165, 1.54) is 6.42 Å². The summed E-state index contributed by atoms with van der Waals surface area (Å²) in [6.45, 7) is 9.41. The van der Waals surface area contributed by atoms with Gasteiger partial charge in [0.05, 0.1) is 6.10 Å². The van der Waals surface area contributed by atoms with Crippen LogP contribution in [0.1, 0.15) is 46.5 Å². The van der Waals surface area contributed by atoms with Crippen LogP contribution in [-0.4, -0.2) is 48.1 Å². The molecule has 2 rings (SSSR count). The van der Waals surface area contributed by atoms with Gasteiger partial charge in [-0.15, -0.1) is 0 Å². The van der Waals surface area contributed by atoms with E-state index in [0.717, 1.165) is 44.9 Å². The fourth-order valence-electron chi connectivity index (χ4n) is 3.02. The number of rotatable bonds is 9. The molecule has 0 bridgehead atoms. The Balaban J connectivity index is 1.67. The van der Waals surface area contributed by atoms with Crippen LogP contribution < -0.4 is 10.6 Å². The molecule has 24 heavy (non-hydrogen) atoms. The van der Waals surface area contributed by atoms with Crippen molar-refractivity contribution in [1.29, 1.82) is 0 Å². The molecule has 0 aliphatic heterocycles. The Morgan fingerprint density at radius 1 is 1.42 bits per heavy atom. The molecule has 2 unspecified atom stereocenters. The Kier molecular flexibility index (Phi) is 7.09. The molecule has 0 saturated heterocycles. The third-order valence-electron chi connectivity index (χ3n) is 4.94. The first-order valence-electron chi connectivity index (χ1n) is 9.14. The third kappa shape index (κ3) is 4.97. The zero-order valence-electron chi connectivity index (χ0n) is 15.6. The van der Waals surface area contributed by atoms with Gasteiger partial charge in [0, 0.05) is 50.6 Å². The first-order valence-corrected chi connectivity index (χ1v) is 9.14. The SMILES string of the molecule is CCCCOC1CC(NC(=NC)NCCCn2cccn2)C1(C)C. The molecule has 1 saturated carbocycles. The highest BCUT2D eigenvalue weighted by molar-refractivity contribution is 5.80. The Morgan fingerprint density at radius 3 is 2.88 bits per heavy atom. The lowest BCUT2D eigenvalue weighted by Gasteiger charge is -2.52. The van der Waals surface area contributed by atoms with E-state index in [-0.39, 0.29) is 5.41 Å². The van der Waals surface area contributed by atoms with E-state index in [4.69, 9.17) is 4.74 Å². The quantitative estimate of drug-likeness (QED) is 0.413. The lowest BCUT2D eigenvalue weighted by molar-refractivity contribution is -0.113. The van der Waals surface area contributed by atoms with Crippen LogP contribution in [-0.2, 0) is 11.3 Å². The molecule has 2 atom stereocenters. The van der Waals surface area contributed by atoms with Gasteiger partial charge >= 0.3 is 0 Å². The maximum absolute atomic E-state index is 6.01. The Labute approximate surface area is 146 Å². The van der Waals surface area contributed by atoms with E-state index in [1.54, 1.807) is 0 Å². The van der Waals surface area contributed by atoms with Crippen LogP contribution in [0, 0.1) is 5.41 Å². The van der Waals surface area contributed by atoms with E-state index < -0.39 is 0 Å². The summed E-state index contributed by atoms with van der Waals surface area (Å²) in [6.07, 6.45) is 8.53. The summed E-state index contributed by atoms with van der Waals surface area (Å²) in [4.78, 5) is 4.34. The number of unbranched alkanes of at least 4 members (excludes halogenated alkanes) is 1. The van der Waals surface area contributed by atoms with Crippen molar-refractivity contribution in [3.05, 3.63) is 18.5 Å². The van der Waals surface area contributed by atoms with E-state index in [0.29, 0.717) is 12.1 Å². The highest BCUT2D eigenvalue weighted by atomic mass is 16.5. The maximum atomic E-state index is 6.01. The fraction of sp³-hybridized carbons (Fsp3) is 0.778. The first-order chi connectivity index (χ1) is 11.6. The predicted octanol–water partition coefficient (Wildman–Crippen LogP) is 2.42. The summed E-state index contributed by atoms with van der Waals surface area (Å²) in [6, 6.07) is 2.35. The van der Waals surface area contributed by atoms with Crippen LogP contribution in [0.2, 0.25) is 0 Å². The van der Waals surface area contributed by atoms with Gasteiger partial charge in [-0.1, -0.05) is 27.2 Å². The number of nitrogens with one attached hydrogen (secondary N) is 2. The summed E-state index contributed by atoms with van der Waals surface area (Å²) < 4.78 is 7.96. The molecular formula is C18H33N5O. The number of aliphatic imine (C=N–C) groups is 1. The number of guanidine groups is 1. The average Bonchev–Trinajstić information content (AvgIpc) is 3.08. The second kappa shape index (κ2) is 9.06. The van der Waals surface area contributed by atoms with Gasteiger partial charge in [0.15, 0.2) is 5.96 Å². The fourth-order valence-corrected chi connectivity index (χ4v) is 3.02. The van der Waals surface area contributed by atoms with Gasteiger partial charge in [0.25, 0.3) is 0 Å². The molecule has 1 aromatic heterocycles. The molecule has 1 fully saturated rings. The van der Waals surface area contributed by atoms with Crippen LogP contribution in [0.25, 0.3) is 0 Å². The van der Waals surface area contributed by atoms with E-state index >= 15 is 0 Å². The molecule has 0 spiro atoms. The minimum Gasteiger partial charge on any atom is -0.378 e. The van der Waals surface area contributed by atoms with Crippen molar-refractivity contribution in [2.75, 3.05) is 20.2 Å². The van der Waals surface area contributed by atoms with Crippen molar-refractivity contribution in [3.63, 3.8) is 0 Å². The summed E-state index contributed by atoms with van der Waals surface area (Å²) in [5.74, 6) is 0.876. The zero-order chi connectivity index (χ0) is 17.4. The molecule has 0 amide bonds. The summed E-state index contributed by atoms with van der Waals surface area (Å²) in [5.41, 5.74) is 0.139. The van der Waals surface area contributed by atoms with Crippen molar-refractivity contribution in [1.82, 2.24) is 20.4 Å². The Hall–Kier alpha value is -1.56. The molecule has 1 heterocycles. The monoisotopic (exact) mass is 335 g/mol. The van der Waals surface area contributed by atoms with E-state index in [2.05, 4.69) is 41.5 Å². The predicted molar refractivity (Wildman–Crippen MR) is 98.2 cm³/mol. The molecule has 6 nitrogen and oxygen atoms in total. The largest absolute Gasteiger partial charge is 0.378 e. The normalized spacial score (nSPS) is 22.9. The first kappa shape index (κ1) is 18.8. The van der Waals surface area contributed by atoms with Gasteiger partial charge in [-0.2, -0.15) is 5.10 Å². The van der Waals surface area contributed by atoms with E-state index in [1.807, 2.05) is 30.2 Å². The van der Waals surface area contributed by atoms with Gasteiger partial charge in [0.2, 0.25) is 0 Å². The maximum Gasteiger partial charge on any atom is 0.191 e. The van der Waals surface area contributed by atoms with Crippen LogP contribution in [0.4, 0.5) is 0 Å². The molecule has 136 valence electrons. The van der Waals surface area contributed by atoms with Crippen molar-refractivity contribution < 1.29 is 4.74 Å². The second-order valence-electron chi connectivity index (χ2n) is 7.09. The average molecular weight is 335 g/mol. The van der Waals surface area contributed by atoms with Gasteiger partial charge in [-0.25, -0.2) is 0 Å². The van der Waals surface area contributed by atoms with Crippen molar-refractivity contribution >= 4 is 5.96 Å². The molecule has 1 aromatic rings. The van der Waals surface area contributed by atoms with Gasteiger partial charge < -0.3 is 15.4 Å². The molecule has 0 radical (unpaired) electrons. The summed E-state index contributed by atoms with van der Waals surface area (Å²) in [7, 11) is 1.82. The molecule has 2 N–H and O–H groups in total. The van der Waals surface area contributed by atoms with Crippen molar-refractivity contribution in [2.24, 2.45) is 10.4 Å². The number of hydrogen-bond donors (Lipinski definition) is 2. The number of ether oxygens (including phenoxy) is 1. The highest BCUT2D eigenvalue weighted by Gasteiger charge is 2.49. The third-order valence-corrected chi connectivity index (χ3v) is 4.94. The Morgan fingerprint density at radius 2 is 2.25 bits per heavy atom. The number of hydrogen-bond acceptors (Lipinski definition) is 3. The zero-order valence-corrected chi connectivity index (χ0v) is 15.6. The van der Waals surface area contributed by atoms with Crippen LogP contribution in [0.3, 0.4) is 0 Å². The lowest BCUT2D eigenvalue weighted by atomic mass is 9.64. The lowest BCUT2D eigenvalue weighted by Crippen LogP contribution is -2.63. The highest BCUT2D eigenvalue weighted by Crippen LogP contribution is 2.42. The summed E-state index contributed by atoms with van der Waals surface area (Å²) >= 11 is 0. The number of aryl methyl sites for hydroxylation is 1. The topological polar surface area (TPSA) is 63.5 Å². The second-order valence-corrected chi connectivity index (χ2v) is 7.09. The molecule has 0 aromatic carbocycles. The van der Waals surface area contributed by atoms with Gasteiger partial charge in [-0.05, 0) is 25.3 Å². The van der Waals surface area contributed by atoms with E-state index in [9.17, 15) is 0 Å². The number of aromatic nitrogens is 2. The molecule has 1 aliphatic carbocycles. The minimum absolute atomic E-state index is 0.139. The smallest absolute Gasteiger partial charge is 0.191 e. The van der Waals surface area contributed by atoms with Crippen LogP contribution in [0.15, 0.2) is 23.5 Å². The van der Waals surface area contributed by atoms with Crippen LogP contribution in [0.5, 0.6) is 0 Å². The van der Waals surface area contributed by atoms with Crippen molar-refractivity contribution in [3.8, 4) is 0 Å².